The van der Waals surface area contributed by atoms with E-state index in [-0.39, 0.29) is 18.0 Å². The van der Waals surface area contributed by atoms with Crippen LogP contribution in [0.1, 0.15) is 25.8 Å². The lowest BCUT2D eigenvalue weighted by molar-refractivity contribution is -0.139. The Morgan fingerprint density at radius 1 is 0.769 bits per heavy atom. The van der Waals surface area contributed by atoms with E-state index in [9.17, 15) is 22.8 Å². The van der Waals surface area contributed by atoms with Crippen LogP contribution in [0.5, 0.6) is 11.5 Å². The highest BCUT2D eigenvalue weighted by Gasteiger charge is 2.34. The van der Waals surface area contributed by atoms with Gasteiger partial charge in [0.1, 0.15) is 36.5 Å². The molecule has 6 nitrogen and oxygen atoms in total. The minimum atomic E-state index is -4.68. The third-order valence-electron chi connectivity index (χ3n) is 5.21. The van der Waals surface area contributed by atoms with E-state index in [1.54, 1.807) is 43.3 Å². The highest BCUT2D eigenvalue weighted by molar-refractivity contribution is 5.87. The number of esters is 2. The zero-order chi connectivity index (χ0) is 28.4. The lowest BCUT2D eigenvalue weighted by atomic mass is 9.98. The lowest BCUT2D eigenvalue weighted by Gasteiger charge is -2.14. The van der Waals surface area contributed by atoms with E-state index in [4.69, 9.17) is 14.2 Å². The maximum Gasteiger partial charge on any atom is 0.420 e. The molecule has 0 aliphatic carbocycles. The molecule has 0 aromatic heterocycles. The maximum absolute atomic E-state index is 13.7. The van der Waals surface area contributed by atoms with Gasteiger partial charge in [0.05, 0.1) is 5.56 Å². The molecule has 0 aliphatic heterocycles. The molecular formula is C30H25F3O6. The zero-order valence-corrected chi connectivity index (χ0v) is 21.2. The van der Waals surface area contributed by atoms with E-state index in [1.165, 1.54) is 31.6 Å². The van der Waals surface area contributed by atoms with Crippen LogP contribution in [0.15, 0.2) is 104 Å². The molecular weight excluding hydrogens is 513 g/mol. The third kappa shape index (κ3) is 8.36. The smallest absolute Gasteiger partial charge is 0.420 e. The average Bonchev–Trinajstić information content (AvgIpc) is 2.93. The molecule has 0 atom stereocenters. The predicted molar refractivity (Wildman–Crippen MR) is 139 cm³/mol. The first-order valence-corrected chi connectivity index (χ1v) is 11.7. The molecule has 0 saturated heterocycles. The van der Waals surface area contributed by atoms with Gasteiger partial charge in [-0.25, -0.2) is 4.79 Å². The Labute approximate surface area is 223 Å². The van der Waals surface area contributed by atoms with Crippen molar-refractivity contribution in [3.63, 3.8) is 0 Å². The molecule has 0 fully saturated rings. The van der Waals surface area contributed by atoms with Crippen molar-refractivity contribution in [3.05, 3.63) is 109 Å². The fourth-order valence-corrected chi connectivity index (χ4v) is 3.20. The first-order chi connectivity index (χ1) is 18.6. The largest absolute Gasteiger partial charge is 0.462 e. The first kappa shape index (κ1) is 28.8. The van der Waals surface area contributed by atoms with Crippen molar-refractivity contribution in [2.75, 3.05) is 0 Å². The number of carbonyl (C=O) groups excluding carboxylic acids is 2. The summed E-state index contributed by atoms with van der Waals surface area (Å²) in [6.07, 6.45) is -0.284. The van der Waals surface area contributed by atoms with E-state index in [0.29, 0.717) is 16.9 Å². The maximum atomic E-state index is 13.7. The zero-order valence-electron chi connectivity index (χ0n) is 21.2. The van der Waals surface area contributed by atoms with Crippen molar-refractivity contribution in [2.24, 2.45) is 0 Å². The summed E-state index contributed by atoms with van der Waals surface area (Å²) in [5.41, 5.74) is 1.80. The number of carbonyl (C=O) groups is 2. The van der Waals surface area contributed by atoms with Gasteiger partial charge in [-0.3, -0.25) is 4.79 Å². The van der Waals surface area contributed by atoms with Crippen LogP contribution in [-0.4, -0.2) is 11.9 Å². The minimum absolute atomic E-state index is 0.137. The molecule has 0 saturated carbocycles. The highest BCUT2D eigenvalue weighted by Crippen LogP contribution is 2.39. The summed E-state index contributed by atoms with van der Waals surface area (Å²) in [5, 5.41) is 0. The molecule has 0 unspecified atom stereocenters. The van der Waals surface area contributed by atoms with Crippen molar-refractivity contribution in [1.82, 2.24) is 0 Å². The van der Waals surface area contributed by atoms with E-state index in [0.717, 1.165) is 29.7 Å². The van der Waals surface area contributed by atoms with E-state index < -0.39 is 23.5 Å². The second-order valence-electron chi connectivity index (χ2n) is 8.12. The Hall–Kier alpha value is -4.79. The minimum Gasteiger partial charge on any atom is -0.462 e. The molecule has 3 rings (SSSR count). The van der Waals surface area contributed by atoms with Crippen LogP contribution < -0.4 is 9.47 Å². The van der Waals surface area contributed by atoms with Gasteiger partial charge in [0.15, 0.2) is 0 Å². The number of halogens is 3. The Morgan fingerprint density at radius 3 is 1.85 bits per heavy atom. The lowest BCUT2D eigenvalue weighted by Crippen LogP contribution is -2.07. The molecule has 0 aliphatic rings. The fourth-order valence-electron chi connectivity index (χ4n) is 3.20. The summed E-state index contributed by atoms with van der Waals surface area (Å²) < 4.78 is 61.1. The number of hydrogen-bond donors (Lipinski definition) is 0. The van der Waals surface area contributed by atoms with Gasteiger partial charge in [-0.05, 0) is 53.4 Å². The summed E-state index contributed by atoms with van der Waals surface area (Å²) in [6.45, 7) is 6.52. The summed E-state index contributed by atoms with van der Waals surface area (Å²) in [6, 6.07) is 17.9. The van der Waals surface area contributed by atoms with Gasteiger partial charge in [0.2, 0.25) is 0 Å². The second kappa shape index (κ2) is 13.1. The molecule has 39 heavy (non-hydrogen) atoms. The second-order valence-corrected chi connectivity index (χ2v) is 8.12. The van der Waals surface area contributed by atoms with Crippen LogP contribution in [-0.2, 0) is 25.2 Å². The van der Waals surface area contributed by atoms with Crippen molar-refractivity contribution < 1.29 is 41.7 Å². The van der Waals surface area contributed by atoms with Crippen LogP contribution in [0.4, 0.5) is 13.2 Å². The Kier molecular flexibility index (Phi) is 9.69. The van der Waals surface area contributed by atoms with Crippen LogP contribution in [0.25, 0.3) is 22.3 Å². The quantitative estimate of drug-likeness (QED) is 0.149. The van der Waals surface area contributed by atoms with Crippen molar-refractivity contribution in [1.29, 1.82) is 0 Å². The van der Waals surface area contributed by atoms with Crippen molar-refractivity contribution in [2.45, 2.75) is 26.4 Å². The van der Waals surface area contributed by atoms with E-state index in [1.807, 2.05) is 12.1 Å². The normalized spacial score (nSPS) is 11.4. The predicted octanol–water partition coefficient (Wildman–Crippen LogP) is 7.81. The van der Waals surface area contributed by atoms with Gasteiger partial charge in [-0.1, -0.05) is 56.0 Å². The molecule has 0 bridgehead atoms. The summed E-state index contributed by atoms with van der Waals surface area (Å²) in [7, 11) is 0. The molecule has 202 valence electrons. The molecule has 0 radical (unpaired) electrons. The molecule has 3 aromatic carbocycles. The van der Waals surface area contributed by atoms with Gasteiger partial charge in [0.25, 0.3) is 0 Å². The number of ether oxygens (including phenoxy) is 4. The van der Waals surface area contributed by atoms with Crippen LogP contribution in [0.3, 0.4) is 0 Å². The Balaban J connectivity index is 1.71. The standard InChI is InChI=1S/C30H25F3O6/c1-4-28(34)38-17-15-36-25-12-9-22(10-13-25)21-5-7-23(8-6-21)24-11-14-27(26(19-24)30(31,32)33)37-16-18-39-29(35)20(2)3/h5-19H,2,4H2,1,3H3/b17-15-,18-16-. The first-order valence-electron chi connectivity index (χ1n) is 11.7. The summed E-state index contributed by atoms with van der Waals surface area (Å²) in [5.74, 6) is -1.00. The number of rotatable bonds is 10. The highest BCUT2D eigenvalue weighted by atomic mass is 19.4. The van der Waals surface area contributed by atoms with Crippen LogP contribution in [0.2, 0.25) is 0 Å². The molecule has 0 spiro atoms. The van der Waals surface area contributed by atoms with Crippen molar-refractivity contribution in [3.8, 4) is 33.8 Å². The molecule has 0 N–H and O–H groups in total. The summed E-state index contributed by atoms with van der Waals surface area (Å²) >= 11 is 0. The van der Waals surface area contributed by atoms with E-state index in [2.05, 4.69) is 11.3 Å². The van der Waals surface area contributed by atoms with Gasteiger partial charge in [-0.15, -0.1) is 0 Å². The molecule has 3 aromatic rings. The monoisotopic (exact) mass is 538 g/mol. The Morgan fingerprint density at radius 2 is 1.28 bits per heavy atom. The Bertz CT molecular complexity index is 1370. The van der Waals surface area contributed by atoms with E-state index >= 15 is 0 Å². The summed E-state index contributed by atoms with van der Waals surface area (Å²) in [4.78, 5) is 22.5. The fraction of sp³-hybridized carbons (Fsp3) is 0.133. The third-order valence-corrected chi connectivity index (χ3v) is 5.21. The SMILES string of the molecule is C=C(C)C(=O)O/C=C\Oc1ccc(-c2ccc(-c3ccc(O/C=C\OC(=O)CC)cc3)cc2)cc1C(F)(F)F. The van der Waals surface area contributed by atoms with Gasteiger partial charge in [-0.2, -0.15) is 13.2 Å². The topological polar surface area (TPSA) is 71.1 Å². The molecule has 9 heteroatoms. The number of benzene rings is 3. The van der Waals surface area contributed by atoms with Gasteiger partial charge in [0, 0.05) is 12.0 Å². The average molecular weight is 539 g/mol. The van der Waals surface area contributed by atoms with Gasteiger partial charge < -0.3 is 18.9 Å². The van der Waals surface area contributed by atoms with Gasteiger partial charge >= 0.3 is 18.1 Å². The number of hydrogen-bond acceptors (Lipinski definition) is 6. The molecule has 0 amide bonds. The van der Waals surface area contributed by atoms with Crippen LogP contribution >= 0.6 is 0 Å². The number of alkyl halides is 3. The van der Waals surface area contributed by atoms with Crippen LogP contribution in [0, 0.1) is 0 Å². The molecule has 0 heterocycles. The van der Waals surface area contributed by atoms with Crippen molar-refractivity contribution >= 4 is 11.9 Å².